The summed E-state index contributed by atoms with van der Waals surface area (Å²) in [6.07, 6.45) is 3.94. The number of carbonyl (C=O) groups is 3. The fourth-order valence-electron chi connectivity index (χ4n) is 5.01. The maximum atomic E-state index is 12.6. The molecule has 0 bridgehead atoms. The average molecular weight is 557 g/mol. The van der Waals surface area contributed by atoms with Crippen LogP contribution in [-0.2, 0) is 19.7 Å². The lowest BCUT2D eigenvalue weighted by molar-refractivity contribution is 0.0376. The van der Waals surface area contributed by atoms with Crippen LogP contribution in [0, 0.1) is 0 Å². The van der Waals surface area contributed by atoms with E-state index in [4.69, 9.17) is 19.2 Å². The van der Waals surface area contributed by atoms with E-state index < -0.39 is 29.2 Å². The number of hydrogen-bond donors (Lipinski definition) is 1. The zero-order chi connectivity index (χ0) is 29.4. The molecule has 0 saturated heterocycles. The quantitative estimate of drug-likeness (QED) is 0.243. The number of esters is 2. The number of ether oxygens (including phenoxy) is 3. The largest absolute Gasteiger partial charge is 0.465 e. The molecule has 2 aromatic carbocycles. The number of amides is 1. The van der Waals surface area contributed by atoms with Crippen molar-refractivity contribution in [3.05, 3.63) is 77.6 Å². The minimum Gasteiger partial charge on any atom is -0.465 e. The van der Waals surface area contributed by atoms with Gasteiger partial charge in [-0.2, -0.15) is 5.10 Å². The van der Waals surface area contributed by atoms with Crippen molar-refractivity contribution in [1.29, 1.82) is 0 Å². The van der Waals surface area contributed by atoms with Gasteiger partial charge in [0.2, 0.25) is 0 Å². The Kier molecular flexibility index (Phi) is 7.25. The summed E-state index contributed by atoms with van der Waals surface area (Å²) in [5.74, 6) is -1.33. The van der Waals surface area contributed by atoms with E-state index in [1.165, 1.54) is 24.8 Å². The molecule has 10 nitrogen and oxygen atoms in total. The van der Waals surface area contributed by atoms with Gasteiger partial charge in [0.25, 0.3) is 0 Å². The number of carbonyl (C=O) groups excluding carboxylic acids is 3. The lowest BCUT2D eigenvalue weighted by atomic mass is 9.71. The van der Waals surface area contributed by atoms with Crippen LogP contribution in [0.25, 0.3) is 28.0 Å². The molecule has 1 fully saturated rings. The van der Waals surface area contributed by atoms with Gasteiger partial charge in [0.15, 0.2) is 11.3 Å². The zero-order valence-electron chi connectivity index (χ0n) is 23.7. The molecular formula is C31H32N4O6. The summed E-state index contributed by atoms with van der Waals surface area (Å²) in [5, 5.41) is 7.40. The number of methoxy groups -OCH3 is 2. The van der Waals surface area contributed by atoms with E-state index in [0.29, 0.717) is 5.69 Å². The second-order valence-electron chi connectivity index (χ2n) is 11.0. The number of alkyl carbamates (subject to hydrolysis) is 1. The Morgan fingerprint density at radius 3 is 2.17 bits per heavy atom. The summed E-state index contributed by atoms with van der Waals surface area (Å²) >= 11 is 0. The van der Waals surface area contributed by atoms with Gasteiger partial charge in [-0.15, -0.1) is 0 Å². The van der Waals surface area contributed by atoms with Crippen LogP contribution in [-0.4, -0.2) is 52.5 Å². The van der Waals surface area contributed by atoms with E-state index in [9.17, 15) is 14.4 Å². The Morgan fingerprint density at radius 1 is 0.927 bits per heavy atom. The van der Waals surface area contributed by atoms with Crippen molar-refractivity contribution in [1.82, 2.24) is 19.9 Å². The fourth-order valence-corrected chi connectivity index (χ4v) is 5.01. The van der Waals surface area contributed by atoms with Crippen molar-refractivity contribution in [2.24, 2.45) is 0 Å². The van der Waals surface area contributed by atoms with Crippen LogP contribution in [0.2, 0.25) is 0 Å². The van der Waals surface area contributed by atoms with E-state index in [1.54, 1.807) is 6.20 Å². The molecule has 0 aliphatic heterocycles. The molecule has 1 aliphatic carbocycles. The third-order valence-corrected chi connectivity index (χ3v) is 7.12. The maximum Gasteiger partial charge on any atom is 0.408 e. The standard InChI is InChI=1S/C31H32N4O6/c1-30(2,3)41-29(38)33-31(15-8-16-31)20-13-11-19(12-14-20)21-9-6-7-10-22(21)25-18-35-26(32-25)23(27(36)39-4)17-24(34-35)28(37)40-5/h6-7,9-14,17-18H,8,15-16H2,1-5H3,(H,33,38). The minimum absolute atomic E-state index is 0.0434. The molecule has 41 heavy (non-hydrogen) atoms. The Labute approximate surface area is 237 Å². The molecule has 4 aromatic rings. The highest BCUT2D eigenvalue weighted by molar-refractivity contribution is 5.99. The molecule has 1 N–H and O–H groups in total. The van der Waals surface area contributed by atoms with Crippen molar-refractivity contribution in [3.63, 3.8) is 0 Å². The lowest BCUT2D eigenvalue weighted by Crippen LogP contribution is -2.52. The van der Waals surface area contributed by atoms with Crippen molar-refractivity contribution in [2.75, 3.05) is 14.2 Å². The summed E-state index contributed by atoms with van der Waals surface area (Å²) < 4.78 is 16.6. The lowest BCUT2D eigenvalue weighted by Gasteiger charge is -2.43. The molecule has 0 atom stereocenters. The monoisotopic (exact) mass is 556 g/mol. The molecule has 1 aliphatic rings. The molecule has 0 spiro atoms. The number of imidazole rings is 1. The van der Waals surface area contributed by atoms with Crippen LogP contribution in [0.3, 0.4) is 0 Å². The molecule has 0 unspecified atom stereocenters. The van der Waals surface area contributed by atoms with Crippen LogP contribution in [0.5, 0.6) is 0 Å². The molecule has 2 aromatic heterocycles. The Balaban J connectivity index is 1.50. The summed E-state index contributed by atoms with van der Waals surface area (Å²) in [7, 11) is 2.50. The molecule has 0 radical (unpaired) electrons. The zero-order valence-corrected chi connectivity index (χ0v) is 23.7. The van der Waals surface area contributed by atoms with Crippen LogP contribution < -0.4 is 5.32 Å². The molecule has 10 heteroatoms. The first-order valence-corrected chi connectivity index (χ1v) is 13.3. The van der Waals surface area contributed by atoms with E-state index in [2.05, 4.69) is 10.4 Å². The number of nitrogens with one attached hydrogen (secondary N) is 1. The van der Waals surface area contributed by atoms with E-state index >= 15 is 0 Å². The fraction of sp³-hybridized carbons (Fsp3) is 0.323. The molecular weight excluding hydrogens is 524 g/mol. The summed E-state index contributed by atoms with van der Waals surface area (Å²) in [6, 6.07) is 17.2. The van der Waals surface area contributed by atoms with Gasteiger partial charge in [-0.3, -0.25) is 0 Å². The molecule has 1 amide bonds. The first-order chi connectivity index (χ1) is 19.5. The average Bonchev–Trinajstić information content (AvgIpc) is 3.37. The van der Waals surface area contributed by atoms with Gasteiger partial charge >= 0.3 is 18.0 Å². The maximum absolute atomic E-state index is 12.6. The van der Waals surface area contributed by atoms with Crippen LogP contribution in [0.4, 0.5) is 4.79 Å². The van der Waals surface area contributed by atoms with Crippen LogP contribution in [0.15, 0.2) is 60.8 Å². The smallest absolute Gasteiger partial charge is 0.408 e. The van der Waals surface area contributed by atoms with Gasteiger partial charge in [-0.25, -0.2) is 23.9 Å². The number of fused-ring (bicyclic) bond motifs is 1. The summed E-state index contributed by atoms with van der Waals surface area (Å²) in [6.45, 7) is 5.54. The van der Waals surface area contributed by atoms with Gasteiger partial charge in [0.05, 0.1) is 31.6 Å². The van der Waals surface area contributed by atoms with Gasteiger partial charge in [0.1, 0.15) is 11.2 Å². The minimum atomic E-state index is -0.682. The third kappa shape index (κ3) is 5.50. The molecule has 1 saturated carbocycles. The highest BCUT2D eigenvalue weighted by Gasteiger charge is 2.41. The number of aromatic nitrogens is 3. The Hall–Kier alpha value is -4.73. The second kappa shape index (κ2) is 10.7. The van der Waals surface area contributed by atoms with Crippen molar-refractivity contribution < 1.29 is 28.6 Å². The van der Waals surface area contributed by atoms with Crippen LogP contribution in [0.1, 0.15) is 66.4 Å². The molecule has 2 heterocycles. The highest BCUT2D eigenvalue weighted by atomic mass is 16.6. The first-order valence-electron chi connectivity index (χ1n) is 13.3. The SMILES string of the molecule is COC(=O)c1cc(C(=O)OC)c2nc(-c3ccccc3-c3ccc(C4(NC(=O)OC(C)(C)C)CCC4)cc3)cn2n1. The Morgan fingerprint density at radius 2 is 1.59 bits per heavy atom. The number of rotatable bonds is 6. The third-order valence-electron chi connectivity index (χ3n) is 7.12. The van der Waals surface area contributed by atoms with Gasteiger partial charge in [0, 0.05) is 5.56 Å². The second-order valence-corrected chi connectivity index (χ2v) is 11.0. The summed E-state index contributed by atoms with van der Waals surface area (Å²) in [4.78, 5) is 41.9. The van der Waals surface area contributed by atoms with E-state index in [-0.39, 0.29) is 16.9 Å². The predicted octanol–water partition coefficient (Wildman–Crippen LogP) is 5.54. The van der Waals surface area contributed by atoms with E-state index in [1.807, 2.05) is 69.3 Å². The number of benzene rings is 2. The number of hydrogen-bond acceptors (Lipinski definition) is 8. The highest BCUT2D eigenvalue weighted by Crippen LogP contribution is 2.42. The first kappa shape index (κ1) is 27.8. The van der Waals surface area contributed by atoms with Crippen LogP contribution >= 0.6 is 0 Å². The number of nitrogens with zero attached hydrogens (tertiary/aromatic N) is 3. The Bertz CT molecular complexity index is 1630. The predicted molar refractivity (Wildman–Crippen MR) is 151 cm³/mol. The molecule has 5 rings (SSSR count). The van der Waals surface area contributed by atoms with Crippen molar-refractivity contribution in [2.45, 2.75) is 51.2 Å². The van der Waals surface area contributed by atoms with E-state index in [0.717, 1.165) is 41.5 Å². The topological polar surface area (TPSA) is 121 Å². The summed E-state index contributed by atoms with van der Waals surface area (Å²) in [5.41, 5.74) is 3.54. The van der Waals surface area contributed by atoms with Gasteiger partial charge < -0.3 is 19.5 Å². The van der Waals surface area contributed by atoms with Gasteiger partial charge in [-0.05, 0) is 62.8 Å². The normalized spacial score (nSPS) is 14.2. The van der Waals surface area contributed by atoms with Crippen molar-refractivity contribution >= 4 is 23.7 Å². The van der Waals surface area contributed by atoms with Crippen molar-refractivity contribution in [3.8, 4) is 22.4 Å². The molecule has 212 valence electrons. The van der Waals surface area contributed by atoms with Gasteiger partial charge in [-0.1, -0.05) is 48.5 Å².